The number of halogens is 2. The van der Waals surface area contributed by atoms with E-state index in [1.54, 1.807) is 50.6 Å². The van der Waals surface area contributed by atoms with Crippen molar-refractivity contribution in [1.29, 1.82) is 0 Å². The van der Waals surface area contributed by atoms with E-state index in [0.717, 1.165) is 11.1 Å². The van der Waals surface area contributed by atoms with Crippen molar-refractivity contribution in [3.63, 3.8) is 0 Å². The van der Waals surface area contributed by atoms with Gasteiger partial charge in [-0.3, -0.25) is 5.84 Å². The van der Waals surface area contributed by atoms with Gasteiger partial charge in [-0.05, 0) is 36.4 Å². The Morgan fingerprint density at radius 1 is 0.905 bits per heavy atom. The van der Waals surface area contributed by atoms with Crippen LogP contribution in [-0.2, 0) is 0 Å². The Balaban J connectivity index is 2.59. The van der Waals surface area contributed by atoms with Crippen LogP contribution in [0, 0.1) is 0 Å². The molecule has 3 N–H and O–H groups in total. The number of hydrazine groups is 1. The third-order valence-electron chi connectivity index (χ3n) is 3.17. The molecule has 2 rings (SSSR count). The summed E-state index contributed by atoms with van der Waals surface area (Å²) < 4.78 is 10.8. The quantitative estimate of drug-likeness (QED) is 0.651. The minimum Gasteiger partial charge on any atom is -0.496 e. The monoisotopic (exact) mass is 326 g/mol. The molecular weight excluding hydrogens is 311 g/mol. The topological polar surface area (TPSA) is 56.5 Å². The number of rotatable bonds is 5. The maximum atomic E-state index is 6.09. The van der Waals surface area contributed by atoms with Crippen molar-refractivity contribution in [2.75, 3.05) is 14.2 Å². The summed E-state index contributed by atoms with van der Waals surface area (Å²) in [4.78, 5) is 0. The van der Waals surface area contributed by atoms with Crippen molar-refractivity contribution in [2.24, 2.45) is 5.84 Å². The highest BCUT2D eigenvalue weighted by molar-refractivity contribution is 6.31. The average Bonchev–Trinajstić information content (AvgIpc) is 2.48. The lowest BCUT2D eigenvalue weighted by molar-refractivity contribution is 0.394. The molecule has 0 fully saturated rings. The fourth-order valence-electron chi connectivity index (χ4n) is 2.21. The van der Waals surface area contributed by atoms with Crippen LogP contribution in [0.4, 0.5) is 0 Å². The molecule has 0 aliphatic rings. The van der Waals surface area contributed by atoms with Crippen molar-refractivity contribution >= 4 is 23.2 Å². The summed E-state index contributed by atoms with van der Waals surface area (Å²) in [5.41, 5.74) is 4.36. The van der Waals surface area contributed by atoms with Crippen molar-refractivity contribution in [3.05, 3.63) is 57.6 Å². The van der Waals surface area contributed by atoms with Crippen LogP contribution in [-0.4, -0.2) is 14.2 Å². The van der Waals surface area contributed by atoms with E-state index in [1.807, 2.05) is 0 Å². The molecule has 0 aliphatic carbocycles. The van der Waals surface area contributed by atoms with E-state index in [1.165, 1.54) is 0 Å². The van der Waals surface area contributed by atoms with Crippen LogP contribution in [0.2, 0.25) is 10.0 Å². The zero-order chi connectivity index (χ0) is 15.4. The standard InChI is InChI=1S/C15H16Cl2N2O2/c1-20-13-5-3-9(16)7-11(13)15(19-18)12-8-10(17)4-6-14(12)21-2/h3-8,15,19H,18H2,1-2H3. The predicted molar refractivity (Wildman–Crippen MR) is 85.2 cm³/mol. The minimum atomic E-state index is -0.368. The lowest BCUT2D eigenvalue weighted by atomic mass is 9.97. The average molecular weight is 327 g/mol. The largest absolute Gasteiger partial charge is 0.496 e. The predicted octanol–water partition coefficient (Wildman–Crippen LogP) is 3.56. The van der Waals surface area contributed by atoms with Gasteiger partial charge in [0.2, 0.25) is 0 Å². The molecule has 2 aromatic rings. The molecule has 0 aliphatic heterocycles. The van der Waals surface area contributed by atoms with Gasteiger partial charge in [0.05, 0.1) is 20.3 Å². The fraction of sp³-hybridized carbons (Fsp3) is 0.200. The number of methoxy groups -OCH3 is 2. The van der Waals surface area contributed by atoms with Gasteiger partial charge in [-0.25, -0.2) is 5.43 Å². The number of hydrogen-bond acceptors (Lipinski definition) is 4. The molecule has 0 aromatic heterocycles. The minimum absolute atomic E-state index is 0.368. The number of benzene rings is 2. The zero-order valence-electron chi connectivity index (χ0n) is 11.7. The molecule has 112 valence electrons. The second-order valence-electron chi connectivity index (χ2n) is 4.37. The summed E-state index contributed by atoms with van der Waals surface area (Å²) in [6.45, 7) is 0. The van der Waals surface area contributed by atoms with Gasteiger partial charge < -0.3 is 9.47 Å². The van der Waals surface area contributed by atoms with E-state index >= 15 is 0 Å². The summed E-state index contributed by atoms with van der Waals surface area (Å²) in [6.07, 6.45) is 0. The van der Waals surface area contributed by atoms with E-state index in [0.29, 0.717) is 21.5 Å². The Morgan fingerprint density at radius 2 is 1.33 bits per heavy atom. The molecule has 0 bridgehead atoms. The highest BCUT2D eigenvalue weighted by atomic mass is 35.5. The number of nitrogens with one attached hydrogen (secondary N) is 1. The van der Waals surface area contributed by atoms with Crippen LogP contribution < -0.4 is 20.7 Å². The number of ether oxygens (including phenoxy) is 2. The van der Waals surface area contributed by atoms with Gasteiger partial charge in [-0.1, -0.05) is 23.2 Å². The first-order chi connectivity index (χ1) is 10.1. The second-order valence-corrected chi connectivity index (χ2v) is 5.25. The van der Waals surface area contributed by atoms with Crippen molar-refractivity contribution < 1.29 is 9.47 Å². The molecule has 0 spiro atoms. The van der Waals surface area contributed by atoms with Crippen LogP contribution in [0.1, 0.15) is 17.2 Å². The molecule has 0 radical (unpaired) electrons. The van der Waals surface area contributed by atoms with Gasteiger partial charge in [-0.2, -0.15) is 0 Å². The molecule has 0 heterocycles. The van der Waals surface area contributed by atoms with Crippen LogP contribution in [0.5, 0.6) is 11.5 Å². The summed E-state index contributed by atoms with van der Waals surface area (Å²) in [7, 11) is 3.19. The molecule has 0 unspecified atom stereocenters. The smallest absolute Gasteiger partial charge is 0.124 e. The van der Waals surface area contributed by atoms with Crippen LogP contribution in [0.15, 0.2) is 36.4 Å². The highest BCUT2D eigenvalue weighted by Crippen LogP contribution is 2.36. The molecule has 21 heavy (non-hydrogen) atoms. The van der Waals surface area contributed by atoms with Gasteiger partial charge >= 0.3 is 0 Å². The van der Waals surface area contributed by atoms with Gasteiger partial charge in [0, 0.05) is 21.2 Å². The normalized spacial score (nSPS) is 10.8. The van der Waals surface area contributed by atoms with E-state index in [9.17, 15) is 0 Å². The van der Waals surface area contributed by atoms with E-state index < -0.39 is 0 Å². The lowest BCUT2D eigenvalue weighted by Crippen LogP contribution is -2.29. The summed E-state index contributed by atoms with van der Waals surface area (Å²) in [6, 6.07) is 10.3. The fourth-order valence-corrected chi connectivity index (χ4v) is 2.57. The first kappa shape index (κ1) is 15.9. The first-order valence-corrected chi connectivity index (χ1v) is 6.99. The Bertz CT molecular complexity index is 582. The van der Waals surface area contributed by atoms with E-state index in [2.05, 4.69) is 5.43 Å². The lowest BCUT2D eigenvalue weighted by Gasteiger charge is -2.22. The Kier molecular flexibility index (Phi) is 5.31. The van der Waals surface area contributed by atoms with Gasteiger partial charge in [0.25, 0.3) is 0 Å². The second kappa shape index (κ2) is 7.00. The van der Waals surface area contributed by atoms with Crippen LogP contribution >= 0.6 is 23.2 Å². The number of hydrogen-bond donors (Lipinski definition) is 2. The summed E-state index contributed by atoms with van der Waals surface area (Å²) in [5, 5.41) is 1.18. The maximum absolute atomic E-state index is 6.09. The van der Waals surface area contributed by atoms with Gasteiger partial charge in [0.15, 0.2) is 0 Å². The zero-order valence-corrected chi connectivity index (χ0v) is 13.2. The molecule has 0 saturated heterocycles. The van der Waals surface area contributed by atoms with E-state index in [4.69, 9.17) is 38.5 Å². The Morgan fingerprint density at radius 3 is 1.67 bits per heavy atom. The van der Waals surface area contributed by atoms with Crippen molar-refractivity contribution in [2.45, 2.75) is 6.04 Å². The van der Waals surface area contributed by atoms with Crippen LogP contribution in [0.25, 0.3) is 0 Å². The Labute approximate surface area is 133 Å². The third-order valence-corrected chi connectivity index (χ3v) is 3.64. The molecule has 2 aromatic carbocycles. The third kappa shape index (κ3) is 3.41. The van der Waals surface area contributed by atoms with Gasteiger partial charge in [0.1, 0.15) is 11.5 Å². The van der Waals surface area contributed by atoms with Gasteiger partial charge in [-0.15, -0.1) is 0 Å². The Hall–Kier alpha value is -1.46. The summed E-state index contributed by atoms with van der Waals surface area (Å²) >= 11 is 12.2. The molecule has 6 heteroatoms. The summed E-state index contributed by atoms with van der Waals surface area (Å²) in [5.74, 6) is 7.08. The molecule has 0 amide bonds. The maximum Gasteiger partial charge on any atom is 0.124 e. The highest BCUT2D eigenvalue weighted by Gasteiger charge is 2.21. The molecule has 4 nitrogen and oxygen atoms in total. The van der Waals surface area contributed by atoms with Crippen LogP contribution in [0.3, 0.4) is 0 Å². The van der Waals surface area contributed by atoms with E-state index in [-0.39, 0.29) is 6.04 Å². The molecular formula is C15H16Cl2N2O2. The molecule has 0 atom stereocenters. The van der Waals surface area contributed by atoms with Crippen molar-refractivity contribution in [1.82, 2.24) is 5.43 Å². The SMILES string of the molecule is COc1ccc(Cl)cc1C(NN)c1cc(Cl)ccc1OC. The first-order valence-electron chi connectivity index (χ1n) is 6.23. The number of nitrogens with two attached hydrogens (primary N) is 1. The van der Waals surface area contributed by atoms with Crippen molar-refractivity contribution in [3.8, 4) is 11.5 Å². The molecule has 0 saturated carbocycles.